The zero-order chi connectivity index (χ0) is 13.4. The summed E-state index contributed by atoms with van der Waals surface area (Å²) in [7, 11) is 2.13. The first-order valence-electron chi connectivity index (χ1n) is 6.66. The highest BCUT2D eigenvalue weighted by Gasteiger charge is 2.31. The van der Waals surface area contributed by atoms with Crippen LogP contribution >= 0.6 is 0 Å². The van der Waals surface area contributed by atoms with Gasteiger partial charge in [-0.15, -0.1) is 0 Å². The van der Waals surface area contributed by atoms with Crippen molar-refractivity contribution < 1.29 is 9.53 Å². The third kappa shape index (κ3) is 2.31. The van der Waals surface area contributed by atoms with Gasteiger partial charge in [0.2, 0.25) is 0 Å². The Morgan fingerprint density at radius 1 is 1.42 bits per heavy atom. The smallest absolute Gasteiger partial charge is 0.414 e. The standard InChI is InChI=1S/C14H19N3O2/c1-16-5-4-10-6-12(3-2-11(10)8-16)17-9-13(7-15)19-14(17)18/h2-3,6,13H,4-5,7-9,15H2,1H3. The summed E-state index contributed by atoms with van der Waals surface area (Å²) in [6.07, 6.45) is 0.557. The predicted octanol–water partition coefficient (Wildman–Crippen LogP) is 0.958. The van der Waals surface area contributed by atoms with Crippen molar-refractivity contribution in [2.45, 2.75) is 19.1 Å². The lowest BCUT2D eigenvalue weighted by atomic mass is 9.99. The Morgan fingerprint density at radius 2 is 2.26 bits per heavy atom. The van der Waals surface area contributed by atoms with Crippen molar-refractivity contribution in [2.75, 3.05) is 31.6 Å². The molecule has 0 saturated carbocycles. The second-order valence-electron chi connectivity index (χ2n) is 5.29. The van der Waals surface area contributed by atoms with Gasteiger partial charge in [-0.2, -0.15) is 0 Å². The molecule has 2 N–H and O–H groups in total. The van der Waals surface area contributed by atoms with E-state index in [0.29, 0.717) is 13.1 Å². The number of fused-ring (bicyclic) bond motifs is 1. The van der Waals surface area contributed by atoms with Crippen LogP contribution in [0.2, 0.25) is 0 Å². The Kier molecular flexibility index (Phi) is 3.16. The average molecular weight is 261 g/mol. The molecule has 1 unspecified atom stereocenters. The van der Waals surface area contributed by atoms with Crippen LogP contribution in [0.1, 0.15) is 11.1 Å². The summed E-state index contributed by atoms with van der Waals surface area (Å²) in [5, 5.41) is 0. The fourth-order valence-electron chi connectivity index (χ4n) is 2.70. The number of rotatable bonds is 2. The number of hydrogen-bond acceptors (Lipinski definition) is 4. The summed E-state index contributed by atoms with van der Waals surface area (Å²) in [5.41, 5.74) is 9.15. The highest BCUT2D eigenvalue weighted by molar-refractivity contribution is 5.89. The predicted molar refractivity (Wildman–Crippen MR) is 73.1 cm³/mol. The summed E-state index contributed by atoms with van der Waals surface area (Å²) < 4.78 is 5.19. The molecule has 0 spiro atoms. The molecule has 1 saturated heterocycles. The van der Waals surface area contributed by atoms with Crippen LogP contribution in [0.5, 0.6) is 0 Å². The molecule has 5 heteroatoms. The number of carbonyl (C=O) groups excluding carboxylic acids is 1. The quantitative estimate of drug-likeness (QED) is 0.861. The lowest BCUT2D eigenvalue weighted by Crippen LogP contribution is -2.29. The van der Waals surface area contributed by atoms with Gasteiger partial charge in [0, 0.05) is 25.3 Å². The van der Waals surface area contributed by atoms with Crippen LogP contribution in [-0.2, 0) is 17.7 Å². The van der Waals surface area contributed by atoms with E-state index in [1.165, 1.54) is 11.1 Å². The molecule has 2 aliphatic rings. The molecule has 0 aliphatic carbocycles. The molecule has 1 aromatic carbocycles. The van der Waals surface area contributed by atoms with Crippen LogP contribution < -0.4 is 10.6 Å². The van der Waals surface area contributed by atoms with Gasteiger partial charge in [0.05, 0.1) is 6.54 Å². The molecule has 2 aliphatic heterocycles. The normalized spacial score (nSPS) is 23.4. The first-order chi connectivity index (χ1) is 9.17. The molecule has 1 atom stereocenters. The van der Waals surface area contributed by atoms with Crippen LogP contribution in [0.3, 0.4) is 0 Å². The summed E-state index contributed by atoms with van der Waals surface area (Å²) in [4.78, 5) is 15.8. The average Bonchev–Trinajstić information content (AvgIpc) is 2.79. The topological polar surface area (TPSA) is 58.8 Å². The van der Waals surface area contributed by atoms with Crippen LogP contribution in [0.4, 0.5) is 10.5 Å². The summed E-state index contributed by atoms with van der Waals surface area (Å²) >= 11 is 0. The number of amides is 1. The Morgan fingerprint density at radius 3 is 3.00 bits per heavy atom. The third-order valence-corrected chi connectivity index (χ3v) is 3.84. The van der Waals surface area contributed by atoms with Gasteiger partial charge in [-0.05, 0) is 36.7 Å². The van der Waals surface area contributed by atoms with E-state index in [1.54, 1.807) is 4.90 Å². The van der Waals surface area contributed by atoms with Gasteiger partial charge in [-0.1, -0.05) is 6.07 Å². The summed E-state index contributed by atoms with van der Waals surface area (Å²) in [5.74, 6) is 0. The van der Waals surface area contributed by atoms with Crippen molar-refractivity contribution in [2.24, 2.45) is 5.73 Å². The molecule has 2 heterocycles. The van der Waals surface area contributed by atoms with Gasteiger partial charge in [0.25, 0.3) is 0 Å². The molecule has 0 bridgehead atoms. The Balaban J connectivity index is 1.85. The fourth-order valence-corrected chi connectivity index (χ4v) is 2.70. The molecular formula is C14H19N3O2. The van der Waals surface area contributed by atoms with Crippen molar-refractivity contribution in [1.29, 1.82) is 0 Å². The number of nitrogens with zero attached hydrogens (tertiary/aromatic N) is 2. The van der Waals surface area contributed by atoms with Crippen LogP contribution in [-0.4, -0.2) is 43.8 Å². The first kappa shape index (κ1) is 12.4. The largest absolute Gasteiger partial charge is 0.443 e. The van der Waals surface area contributed by atoms with Crippen molar-refractivity contribution in [3.05, 3.63) is 29.3 Å². The number of ether oxygens (including phenoxy) is 1. The zero-order valence-electron chi connectivity index (χ0n) is 11.1. The van der Waals surface area contributed by atoms with Gasteiger partial charge >= 0.3 is 6.09 Å². The second-order valence-corrected chi connectivity index (χ2v) is 5.29. The molecule has 5 nitrogen and oxygen atoms in total. The summed E-state index contributed by atoms with van der Waals surface area (Å²) in [6, 6.07) is 6.23. The summed E-state index contributed by atoms with van der Waals surface area (Å²) in [6.45, 7) is 2.96. The lowest BCUT2D eigenvalue weighted by molar-refractivity contribution is 0.145. The van der Waals surface area contributed by atoms with Crippen LogP contribution in [0, 0.1) is 0 Å². The van der Waals surface area contributed by atoms with E-state index in [4.69, 9.17) is 10.5 Å². The van der Waals surface area contributed by atoms with E-state index in [9.17, 15) is 4.79 Å². The molecule has 0 radical (unpaired) electrons. The minimum Gasteiger partial charge on any atom is -0.443 e. The molecule has 3 rings (SSSR count). The minimum atomic E-state index is -0.289. The first-order valence-corrected chi connectivity index (χ1v) is 6.66. The molecule has 1 amide bonds. The van der Waals surface area contributed by atoms with Crippen LogP contribution in [0.25, 0.3) is 0 Å². The van der Waals surface area contributed by atoms with Crippen molar-refractivity contribution in [1.82, 2.24) is 4.90 Å². The van der Waals surface area contributed by atoms with Gasteiger partial charge in [0.1, 0.15) is 6.10 Å². The van der Waals surface area contributed by atoms with Gasteiger partial charge in [0.15, 0.2) is 0 Å². The molecule has 1 fully saturated rings. The van der Waals surface area contributed by atoms with E-state index >= 15 is 0 Å². The maximum atomic E-state index is 11.8. The number of anilines is 1. The van der Waals surface area contributed by atoms with E-state index in [2.05, 4.69) is 24.1 Å². The molecule has 19 heavy (non-hydrogen) atoms. The molecule has 0 aromatic heterocycles. The SMILES string of the molecule is CN1CCc2cc(N3CC(CN)OC3=O)ccc2C1. The number of likely N-dealkylation sites (N-methyl/N-ethyl adjacent to an activating group) is 1. The van der Waals surface area contributed by atoms with Crippen molar-refractivity contribution in [3.8, 4) is 0 Å². The van der Waals surface area contributed by atoms with Crippen molar-refractivity contribution >= 4 is 11.8 Å². The van der Waals surface area contributed by atoms with Gasteiger partial charge in [-0.25, -0.2) is 4.79 Å². The Bertz CT molecular complexity index is 503. The zero-order valence-corrected chi connectivity index (χ0v) is 11.1. The number of benzene rings is 1. The molecule has 1 aromatic rings. The van der Waals surface area contributed by atoms with E-state index < -0.39 is 0 Å². The number of nitrogens with two attached hydrogens (primary N) is 1. The highest BCUT2D eigenvalue weighted by Crippen LogP contribution is 2.27. The van der Waals surface area contributed by atoms with Gasteiger partial charge in [-0.3, -0.25) is 4.90 Å². The number of hydrogen-bond donors (Lipinski definition) is 1. The van der Waals surface area contributed by atoms with Crippen LogP contribution in [0.15, 0.2) is 18.2 Å². The maximum Gasteiger partial charge on any atom is 0.414 e. The van der Waals surface area contributed by atoms with E-state index in [0.717, 1.165) is 25.2 Å². The minimum absolute atomic E-state index is 0.185. The maximum absolute atomic E-state index is 11.8. The third-order valence-electron chi connectivity index (χ3n) is 3.84. The van der Waals surface area contributed by atoms with Crippen molar-refractivity contribution in [3.63, 3.8) is 0 Å². The molecular weight excluding hydrogens is 242 g/mol. The monoisotopic (exact) mass is 261 g/mol. The Labute approximate surface area is 112 Å². The van der Waals surface area contributed by atoms with E-state index in [-0.39, 0.29) is 12.2 Å². The molecule has 102 valence electrons. The Hall–Kier alpha value is -1.59. The number of cyclic esters (lactones) is 1. The highest BCUT2D eigenvalue weighted by atomic mass is 16.6. The van der Waals surface area contributed by atoms with E-state index in [1.807, 2.05) is 6.07 Å². The fraction of sp³-hybridized carbons (Fsp3) is 0.500. The van der Waals surface area contributed by atoms with Gasteiger partial charge < -0.3 is 15.4 Å². The number of carbonyl (C=O) groups is 1. The lowest BCUT2D eigenvalue weighted by Gasteiger charge is -2.26. The second kappa shape index (κ2) is 4.83.